The maximum Gasteiger partial charge on any atom is 0.315 e. The number of carbonyl (C=O) groups is 1. The van der Waals surface area contributed by atoms with E-state index >= 15 is 0 Å². The standard InChI is InChI=1S/C10H20N2O2/c1-8(7-13)11-10(14)12-9-5-3-2-4-6-9/h8-9,13H,2-7H2,1H3,(H2,11,12,14)/t8-/m1/s1. The zero-order valence-electron chi connectivity index (χ0n) is 8.75. The van der Waals surface area contributed by atoms with E-state index in [2.05, 4.69) is 10.6 Å². The van der Waals surface area contributed by atoms with Gasteiger partial charge in [0.05, 0.1) is 12.6 Å². The molecule has 0 aromatic heterocycles. The number of amides is 2. The Kier molecular flexibility index (Phi) is 4.73. The molecule has 0 saturated heterocycles. The minimum absolute atomic E-state index is 0.0158. The molecule has 14 heavy (non-hydrogen) atoms. The van der Waals surface area contributed by atoms with Crippen LogP contribution >= 0.6 is 0 Å². The number of hydrogen-bond acceptors (Lipinski definition) is 2. The second-order valence-corrected chi connectivity index (χ2v) is 4.04. The Labute approximate surface area is 85.1 Å². The maximum atomic E-state index is 11.3. The summed E-state index contributed by atoms with van der Waals surface area (Å²) in [7, 11) is 0. The summed E-state index contributed by atoms with van der Waals surface area (Å²) < 4.78 is 0. The van der Waals surface area contributed by atoms with Crippen LogP contribution in [0.25, 0.3) is 0 Å². The zero-order chi connectivity index (χ0) is 10.4. The summed E-state index contributed by atoms with van der Waals surface area (Å²) >= 11 is 0. The Morgan fingerprint density at radius 3 is 2.64 bits per heavy atom. The molecule has 82 valence electrons. The number of carbonyl (C=O) groups excluding carboxylic acids is 1. The highest BCUT2D eigenvalue weighted by molar-refractivity contribution is 5.74. The highest BCUT2D eigenvalue weighted by Crippen LogP contribution is 2.17. The van der Waals surface area contributed by atoms with Crippen LogP contribution < -0.4 is 10.6 Å². The topological polar surface area (TPSA) is 61.4 Å². The third-order valence-corrected chi connectivity index (χ3v) is 2.59. The SMILES string of the molecule is C[C@H](CO)NC(=O)NC1CCCCC1. The number of urea groups is 1. The molecule has 0 aliphatic heterocycles. The Bertz CT molecular complexity index is 179. The van der Waals surface area contributed by atoms with Crippen LogP contribution in [0.1, 0.15) is 39.0 Å². The molecule has 4 heteroatoms. The summed E-state index contributed by atoms with van der Waals surface area (Å²) in [5, 5.41) is 14.3. The lowest BCUT2D eigenvalue weighted by Crippen LogP contribution is -2.46. The molecule has 0 radical (unpaired) electrons. The van der Waals surface area contributed by atoms with Gasteiger partial charge in [-0.1, -0.05) is 19.3 Å². The highest BCUT2D eigenvalue weighted by Gasteiger charge is 2.15. The van der Waals surface area contributed by atoms with E-state index in [1.807, 2.05) is 0 Å². The van der Waals surface area contributed by atoms with Crippen molar-refractivity contribution in [3.8, 4) is 0 Å². The van der Waals surface area contributed by atoms with E-state index in [0.29, 0.717) is 6.04 Å². The van der Waals surface area contributed by atoms with Crippen molar-refractivity contribution in [3.05, 3.63) is 0 Å². The Hall–Kier alpha value is -0.770. The van der Waals surface area contributed by atoms with E-state index < -0.39 is 0 Å². The van der Waals surface area contributed by atoms with Gasteiger partial charge in [-0.3, -0.25) is 0 Å². The van der Waals surface area contributed by atoms with Crippen molar-refractivity contribution >= 4 is 6.03 Å². The third kappa shape index (κ3) is 3.96. The molecule has 3 N–H and O–H groups in total. The molecule has 0 unspecified atom stereocenters. The van der Waals surface area contributed by atoms with Crippen molar-refractivity contribution in [2.24, 2.45) is 0 Å². The molecule has 2 amide bonds. The number of aliphatic hydroxyl groups excluding tert-OH is 1. The van der Waals surface area contributed by atoms with Gasteiger partial charge in [-0.15, -0.1) is 0 Å². The van der Waals surface area contributed by atoms with Gasteiger partial charge in [0.25, 0.3) is 0 Å². The molecule has 1 rings (SSSR count). The van der Waals surface area contributed by atoms with Gasteiger partial charge in [-0.05, 0) is 19.8 Å². The molecule has 1 fully saturated rings. The van der Waals surface area contributed by atoms with E-state index in [-0.39, 0.29) is 18.7 Å². The summed E-state index contributed by atoms with van der Waals surface area (Å²) in [5.41, 5.74) is 0. The van der Waals surface area contributed by atoms with Crippen molar-refractivity contribution in [2.75, 3.05) is 6.61 Å². The molecule has 0 spiro atoms. The normalized spacial score (nSPS) is 20.1. The number of aliphatic hydroxyl groups is 1. The first-order chi connectivity index (χ1) is 6.72. The fourth-order valence-corrected chi connectivity index (χ4v) is 1.74. The average molecular weight is 200 g/mol. The number of hydrogen-bond donors (Lipinski definition) is 3. The van der Waals surface area contributed by atoms with Crippen molar-refractivity contribution in [1.82, 2.24) is 10.6 Å². The monoisotopic (exact) mass is 200 g/mol. The van der Waals surface area contributed by atoms with Crippen LogP contribution in [0.4, 0.5) is 4.79 Å². The highest BCUT2D eigenvalue weighted by atomic mass is 16.3. The fraction of sp³-hybridized carbons (Fsp3) is 0.900. The lowest BCUT2D eigenvalue weighted by molar-refractivity contribution is 0.214. The van der Waals surface area contributed by atoms with Crippen LogP contribution in [0.5, 0.6) is 0 Å². The molecular weight excluding hydrogens is 180 g/mol. The van der Waals surface area contributed by atoms with E-state index in [1.54, 1.807) is 6.92 Å². The van der Waals surface area contributed by atoms with Crippen LogP contribution in [0, 0.1) is 0 Å². The predicted octanol–water partition coefficient (Wildman–Crippen LogP) is 0.999. The Balaban J connectivity index is 2.18. The lowest BCUT2D eigenvalue weighted by Gasteiger charge is -2.23. The van der Waals surface area contributed by atoms with Crippen LogP contribution in [0.15, 0.2) is 0 Å². The zero-order valence-corrected chi connectivity index (χ0v) is 8.75. The first-order valence-electron chi connectivity index (χ1n) is 5.40. The minimum atomic E-state index is -0.168. The molecular formula is C10H20N2O2. The second-order valence-electron chi connectivity index (χ2n) is 4.04. The first-order valence-corrected chi connectivity index (χ1v) is 5.40. The van der Waals surface area contributed by atoms with Gasteiger partial charge < -0.3 is 15.7 Å². The van der Waals surface area contributed by atoms with Gasteiger partial charge in [-0.2, -0.15) is 0 Å². The van der Waals surface area contributed by atoms with Crippen LogP contribution in [0.2, 0.25) is 0 Å². The quantitative estimate of drug-likeness (QED) is 0.636. The van der Waals surface area contributed by atoms with Crippen molar-refractivity contribution in [3.63, 3.8) is 0 Å². The van der Waals surface area contributed by atoms with Gasteiger partial charge in [-0.25, -0.2) is 4.79 Å². The summed E-state index contributed by atoms with van der Waals surface area (Å²) in [6.45, 7) is 1.76. The van der Waals surface area contributed by atoms with Gasteiger partial charge >= 0.3 is 6.03 Å². The lowest BCUT2D eigenvalue weighted by atomic mass is 9.96. The van der Waals surface area contributed by atoms with Gasteiger partial charge in [0.2, 0.25) is 0 Å². The molecule has 0 aromatic carbocycles. The van der Waals surface area contributed by atoms with Crippen LogP contribution in [0.3, 0.4) is 0 Å². The van der Waals surface area contributed by atoms with Gasteiger partial charge in [0, 0.05) is 6.04 Å². The van der Waals surface area contributed by atoms with Crippen LogP contribution in [-0.2, 0) is 0 Å². The molecule has 1 atom stereocenters. The molecule has 4 nitrogen and oxygen atoms in total. The number of rotatable bonds is 3. The van der Waals surface area contributed by atoms with Gasteiger partial charge in [0.15, 0.2) is 0 Å². The minimum Gasteiger partial charge on any atom is -0.394 e. The average Bonchev–Trinajstić information content (AvgIpc) is 2.19. The number of nitrogens with one attached hydrogen (secondary N) is 2. The van der Waals surface area contributed by atoms with Crippen molar-refractivity contribution < 1.29 is 9.90 Å². The summed E-state index contributed by atoms with van der Waals surface area (Å²) in [5.74, 6) is 0. The third-order valence-electron chi connectivity index (χ3n) is 2.59. The molecule has 1 saturated carbocycles. The van der Waals surface area contributed by atoms with Crippen molar-refractivity contribution in [2.45, 2.75) is 51.1 Å². The summed E-state index contributed by atoms with van der Waals surface area (Å²) in [6.07, 6.45) is 5.87. The molecule has 0 heterocycles. The second kappa shape index (κ2) is 5.86. The van der Waals surface area contributed by atoms with E-state index in [0.717, 1.165) is 12.8 Å². The smallest absolute Gasteiger partial charge is 0.315 e. The molecule has 0 bridgehead atoms. The predicted molar refractivity (Wildman–Crippen MR) is 55.1 cm³/mol. The van der Waals surface area contributed by atoms with Crippen molar-refractivity contribution in [1.29, 1.82) is 0 Å². The summed E-state index contributed by atoms with van der Waals surface area (Å²) in [4.78, 5) is 11.3. The van der Waals surface area contributed by atoms with Gasteiger partial charge in [0.1, 0.15) is 0 Å². The largest absolute Gasteiger partial charge is 0.394 e. The van der Waals surface area contributed by atoms with E-state index in [9.17, 15) is 4.79 Å². The Morgan fingerprint density at radius 1 is 1.43 bits per heavy atom. The summed E-state index contributed by atoms with van der Waals surface area (Å²) in [6, 6.07) is 0.00619. The molecule has 1 aliphatic rings. The molecule has 1 aliphatic carbocycles. The molecule has 0 aromatic rings. The first kappa shape index (κ1) is 11.3. The fourth-order valence-electron chi connectivity index (χ4n) is 1.74. The van der Waals surface area contributed by atoms with E-state index in [1.165, 1.54) is 19.3 Å². The maximum absolute atomic E-state index is 11.3. The van der Waals surface area contributed by atoms with E-state index in [4.69, 9.17) is 5.11 Å². The Morgan fingerprint density at radius 2 is 2.07 bits per heavy atom. The van der Waals surface area contributed by atoms with Crippen LogP contribution in [-0.4, -0.2) is 29.8 Å².